The largest absolute Gasteiger partial charge is 0.397 e. The van der Waals surface area contributed by atoms with Gasteiger partial charge >= 0.3 is 10.4 Å². The molecule has 4 aliphatic carbocycles. The zero-order valence-corrected chi connectivity index (χ0v) is 56.6. The average Bonchev–Trinajstić information content (AvgIpc) is 1.68. The van der Waals surface area contributed by atoms with E-state index in [2.05, 4.69) is 19.9 Å². The SMILES string of the molecule is CC1OC(OC2C(OC3C(O)C(C)OC(O[C@H]4CC5C(=CCC6(C)C5CCC6[C@@](C)(O)CC(=O)[C@H](C)C(C)C)C5(C)CCC(OS(=O)(=O)O)C[C@H]45)C3O)OCC(OC3OC(CO)C(O)C(O)C3OC3OC(C)C(O)C(OC4OC(CO)C(O)C(O)C4O)C3O)C2O)C(O)C(O)C1O. The summed E-state index contributed by atoms with van der Waals surface area (Å²) in [5.41, 5.74) is -1.40. The number of ether oxygens (including phenoxy) is 12. The lowest BCUT2D eigenvalue weighted by atomic mass is 9.47. The smallest absolute Gasteiger partial charge is 0.394 e. The lowest BCUT2D eigenvalue weighted by Crippen LogP contribution is -2.67. The van der Waals surface area contributed by atoms with Crippen molar-refractivity contribution in [2.75, 3.05) is 19.8 Å². The molecule has 35 unspecified atom stereocenters. The number of fused-ring (bicyclic) bond motifs is 5. The number of hydrogen-bond donors (Lipinski definition) is 17. The Bertz CT molecular complexity index is 2790. The first kappa shape index (κ1) is 77.8. The van der Waals surface area contributed by atoms with Crippen molar-refractivity contribution in [1.82, 2.24) is 0 Å². The van der Waals surface area contributed by atoms with Crippen molar-refractivity contribution in [2.24, 2.45) is 46.3 Å². The fourth-order valence-electron chi connectivity index (χ4n) is 17.2. The number of allylic oxidation sites excluding steroid dienone is 2. The van der Waals surface area contributed by atoms with Crippen molar-refractivity contribution in [1.29, 1.82) is 0 Å². The highest BCUT2D eigenvalue weighted by Gasteiger charge is 2.64. The van der Waals surface area contributed by atoms with E-state index < -0.39 is 243 Å². The molecular formula is C63H104O33S. The summed E-state index contributed by atoms with van der Waals surface area (Å²) in [5, 5.41) is 179. The number of aliphatic hydroxyl groups is 16. The van der Waals surface area contributed by atoms with Gasteiger partial charge < -0.3 is 139 Å². The Kier molecular flexibility index (Phi) is 24.3. The number of hydrogen-bond acceptors (Lipinski definition) is 32. The lowest BCUT2D eigenvalue weighted by Gasteiger charge is -2.60. The summed E-state index contributed by atoms with van der Waals surface area (Å²) in [6, 6.07) is 0. The molecule has 6 heterocycles. The van der Waals surface area contributed by atoms with Crippen LogP contribution in [0.2, 0.25) is 0 Å². The van der Waals surface area contributed by atoms with Crippen LogP contribution < -0.4 is 0 Å². The molecule has 17 N–H and O–H groups in total. The normalized spacial score (nSPS) is 51.5. The average molecular weight is 1420 g/mol. The number of rotatable bonds is 21. The van der Waals surface area contributed by atoms with Crippen LogP contribution in [-0.2, 0) is 76.2 Å². The number of ketones is 1. The van der Waals surface area contributed by atoms with E-state index in [1.807, 2.05) is 20.8 Å². The molecule has 6 aliphatic heterocycles. The van der Waals surface area contributed by atoms with Crippen molar-refractivity contribution in [3.8, 4) is 0 Å². The summed E-state index contributed by atoms with van der Waals surface area (Å²) in [5.74, 6) is -1.27. The Balaban J connectivity index is 0.904. The molecule has 0 amide bonds. The number of aliphatic hydroxyl groups excluding tert-OH is 15. The molecule has 0 spiro atoms. The van der Waals surface area contributed by atoms with E-state index in [9.17, 15) is 99.5 Å². The zero-order valence-electron chi connectivity index (χ0n) is 55.8. The van der Waals surface area contributed by atoms with Crippen molar-refractivity contribution in [2.45, 2.75) is 310 Å². The summed E-state index contributed by atoms with van der Waals surface area (Å²) >= 11 is 0. The standard InChI is InChI=1S/C63H104O33S/c1-22(2)23(3)32(66)18-63(9,80)37-11-10-29-28-17-33(31-16-27(96-97(81,82)83)12-14-61(31,7)30(28)13-15-62(29,37)8)88-57-49(78)52(40(69)25(5)86-57)93-59-53(94-55-47(76)44(73)38(67)24(4)85-55)43(72)36(21-84-59)91-60-54(46(75)42(71)35(20-65)90-60)95-58-50(79)51(39(68)26(6)87-58)92-56-48(77)45(74)41(70)34(19-64)89-56/h13,22-29,31,33-60,64-65,67-80H,10-12,14-21H2,1-9H3,(H,81,82,83)/t23-,24?,25?,26?,27?,28?,29?,31-,33+,34?,35?,36?,37?,38?,39?,40?,41?,42?,43?,44?,45?,46?,47?,48?,49?,50?,51?,52?,53?,54?,55?,56?,57?,58?,59?,60?,61?,62?,63+/m1/s1. The third kappa shape index (κ3) is 15.4. The van der Waals surface area contributed by atoms with E-state index >= 15 is 0 Å². The highest BCUT2D eigenvalue weighted by Crippen LogP contribution is 2.67. The van der Waals surface area contributed by atoms with E-state index in [0.29, 0.717) is 32.1 Å². The predicted octanol–water partition coefficient (Wildman–Crippen LogP) is -4.61. The van der Waals surface area contributed by atoms with Crippen LogP contribution in [0.1, 0.15) is 114 Å². The van der Waals surface area contributed by atoms with Gasteiger partial charge in [-0.25, -0.2) is 4.18 Å². The molecule has 33 nitrogen and oxygen atoms in total. The van der Waals surface area contributed by atoms with Crippen LogP contribution >= 0.6 is 0 Å². The van der Waals surface area contributed by atoms with Gasteiger partial charge in [-0.15, -0.1) is 0 Å². The van der Waals surface area contributed by atoms with Gasteiger partial charge in [-0.3, -0.25) is 9.35 Å². The first-order valence-electron chi connectivity index (χ1n) is 33.9. The minimum Gasteiger partial charge on any atom is -0.394 e. The Hall–Kier alpha value is -1.84. The molecule has 0 aromatic rings. The molecule has 6 saturated heterocycles. The summed E-state index contributed by atoms with van der Waals surface area (Å²) in [7, 11) is -4.92. The fraction of sp³-hybridized carbons (Fsp3) is 0.952. The summed E-state index contributed by atoms with van der Waals surface area (Å²) in [6.07, 6.45) is -49.0. The molecule has 0 radical (unpaired) electrons. The zero-order chi connectivity index (χ0) is 71.2. The van der Waals surface area contributed by atoms with E-state index in [1.165, 1.54) is 20.8 Å². The quantitative estimate of drug-likeness (QED) is 0.0380. The molecule has 0 bridgehead atoms. The Labute approximate surface area is 562 Å². The van der Waals surface area contributed by atoms with Crippen LogP contribution in [0, 0.1) is 46.3 Å². The van der Waals surface area contributed by atoms with Crippen LogP contribution in [0.3, 0.4) is 0 Å². The number of Topliss-reactive ketones (excluding diaryl/α,β-unsaturated/α-hetero) is 1. The molecule has 10 rings (SSSR count). The molecule has 34 heteroatoms. The summed E-state index contributed by atoms with van der Waals surface area (Å²) in [4.78, 5) is 13.6. The van der Waals surface area contributed by atoms with Crippen LogP contribution in [-0.4, -0.2) is 316 Å². The van der Waals surface area contributed by atoms with Crippen molar-refractivity contribution in [3.05, 3.63) is 11.6 Å². The molecule has 0 aromatic heterocycles. The van der Waals surface area contributed by atoms with Gasteiger partial charge in [-0.2, -0.15) is 8.42 Å². The molecule has 9 fully saturated rings. The van der Waals surface area contributed by atoms with Crippen LogP contribution in [0.25, 0.3) is 0 Å². The second kappa shape index (κ2) is 30.3. The van der Waals surface area contributed by atoms with Gasteiger partial charge in [0.05, 0.1) is 55.9 Å². The second-order valence-electron chi connectivity index (χ2n) is 29.8. The second-order valence-corrected chi connectivity index (χ2v) is 30.9. The molecular weight excluding hydrogens is 1320 g/mol. The predicted molar refractivity (Wildman–Crippen MR) is 323 cm³/mol. The first-order chi connectivity index (χ1) is 45.3. The van der Waals surface area contributed by atoms with Crippen LogP contribution in [0.4, 0.5) is 0 Å². The maximum atomic E-state index is 13.6. The van der Waals surface area contributed by atoms with Crippen molar-refractivity contribution < 1.29 is 160 Å². The fourth-order valence-corrected chi connectivity index (χ4v) is 17.7. The van der Waals surface area contributed by atoms with E-state index in [-0.39, 0.29) is 54.6 Å². The van der Waals surface area contributed by atoms with Gasteiger partial charge in [0, 0.05) is 12.3 Å². The third-order valence-electron chi connectivity index (χ3n) is 23.3. The van der Waals surface area contributed by atoms with Gasteiger partial charge in [0.15, 0.2) is 37.7 Å². The minimum absolute atomic E-state index is 0.0215. The van der Waals surface area contributed by atoms with Crippen LogP contribution in [0.5, 0.6) is 0 Å². The van der Waals surface area contributed by atoms with Crippen LogP contribution in [0.15, 0.2) is 11.6 Å². The number of carbonyl (C=O) groups excluding carboxylic acids is 1. The van der Waals surface area contributed by atoms with Gasteiger partial charge in [-0.05, 0) is 113 Å². The Morgan fingerprint density at radius 1 is 0.567 bits per heavy atom. The Morgan fingerprint density at radius 3 is 1.62 bits per heavy atom. The molecule has 39 atom stereocenters. The number of carbonyl (C=O) groups is 1. The highest BCUT2D eigenvalue weighted by molar-refractivity contribution is 7.80. The van der Waals surface area contributed by atoms with Gasteiger partial charge in [-0.1, -0.05) is 46.3 Å². The third-order valence-corrected chi connectivity index (χ3v) is 23.8. The molecule has 3 saturated carbocycles. The molecule has 0 aromatic carbocycles. The summed E-state index contributed by atoms with van der Waals surface area (Å²) < 4.78 is 113. The first-order valence-corrected chi connectivity index (χ1v) is 35.2. The van der Waals surface area contributed by atoms with E-state index in [1.54, 1.807) is 6.92 Å². The molecule has 10 aliphatic rings. The Morgan fingerprint density at radius 2 is 1.05 bits per heavy atom. The van der Waals surface area contributed by atoms with E-state index in [0.717, 1.165) is 5.57 Å². The monoisotopic (exact) mass is 1420 g/mol. The van der Waals surface area contributed by atoms with Gasteiger partial charge in [0.1, 0.15) is 128 Å². The lowest BCUT2D eigenvalue weighted by molar-refractivity contribution is -0.402. The van der Waals surface area contributed by atoms with Crippen molar-refractivity contribution in [3.63, 3.8) is 0 Å². The summed E-state index contributed by atoms with van der Waals surface area (Å²) in [6.45, 7) is 13.3. The van der Waals surface area contributed by atoms with Crippen molar-refractivity contribution >= 4 is 16.2 Å². The highest BCUT2D eigenvalue weighted by atomic mass is 32.3. The molecule has 97 heavy (non-hydrogen) atoms. The minimum atomic E-state index is -4.92. The van der Waals surface area contributed by atoms with E-state index in [4.69, 9.17) is 61.0 Å². The van der Waals surface area contributed by atoms with Gasteiger partial charge in [0.2, 0.25) is 0 Å². The maximum absolute atomic E-state index is 13.6. The maximum Gasteiger partial charge on any atom is 0.397 e. The van der Waals surface area contributed by atoms with Gasteiger partial charge in [0.25, 0.3) is 0 Å². The topological polar surface area (TPSA) is 515 Å². The molecule has 560 valence electrons.